The molecule has 2 amide bonds. The number of carbonyl (C=O) groups excluding carboxylic acids is 2. The molecule has 3 rings (SSSR count). The van der Waals surface area contributed by atoms with Gasteiger partial charge in [-0.2, -0.15) is 5.21 Å². The molecule has 0 saturated heterocycles. The largest absolute Gasteiger partial charge is 0.444 e. The molecule has 10 heteroatoms. The standard InChI is InChI=1S/C23H29N7O3/c1-14(2)12-19(26-22(32)33-23(3,4)5)21(31)25-18-7-6-16(15-8-10-24-11-9-15)13-17(18)20-27-29-30-28-20/h6-11,13-14,19H,12H2,1-5H3,(H,25,31)(H,26,32)(H,27,28,29,30)/t19-/m1/s1. The third kappa shape index (κ3) is 6.83. The van der Waals surface area contributed by atoms with Crippen molar-refractivity contribution in [1.82, 2.24) is 30.9 Å². The number of benzene rings is 1. The molecule has 2 aromatic heterocycles. The van der Waals surface area contributed by atoms with Gasteiger partial charge in [-0.15, -0.1) is 10.2 Å². The van der Waals surface area contributed by atoms with E-state index in [2.05, 4.69) is 36.2 Å². The van der Waals surface area contributed by atoms with Crippen LogP contribution in [-0.4, -0.2) is 49.3 Å². The Hall–Kier alpha value is -3.82. The average Bonchev–Trinajstić information content (AvgIpc) is 3.27. The van der Waals surface area contributed by atoms with Crippen LogP contribution in [0.1, 0.15) is 41.0 Å². The zero-order valence-corrected chi connectivity index (χ0v) is 19.4. The van der Waals surface area contributed by atoms with Gasteiger partial charge in [-0.05, 0) is 73.7 Å². The predicted molar refractivity (Wildman–Crippen MR) is 124 cm³/mol. The number of tetrazole rings is 1. The van der Waals surface area contributed by atoms with Crippen LogP contribution in [-0.2, 0) is 9.53 Å². The van der Waals surface area contributed by atoms with Gasteiger partial charge in [0.1, 0.15) is 11.6 Å². The first-order chi connectivity index (χ1) is 15.6. The van der Waals surface area contributed by atoms with E-state index in [-0.39, 0.29) is 11.8 Å². The maximum Gasteiger partial charge on any atom is 0.408 e. The van der Waals surface area contributed by atoms with E-state index in [0.29, 0.717) is 23.5 Å². The highest BCUT2D eigenvalue weighted by atomic mass is 16.6. The van der Waals surface area contributed by atoms with Crippen LogP contribution in [0.4, 0.5) is 10.5 Å². The second-order valence-corrected chi connectivity index (χ2v) is 9.05. The number of H-pyrrole nitrogens is 1. The number of alkyl carbamates (subject to hydrolysis) is 1. The molecule has 0 aliphatic rings. The number of hydrogen-bond donors (Lipinski definition) is 3. The first-order valence-corrected chi connectivity index (χ1v) is 10.7. The molecule has 0 radical (unpaired) electrons. The molecule has 10 nitrogen and oxygen atoms in total. The number of rotatable bonds is 7. The Morgan fingerprint density at radius 2 is 1.82 bits per heavy atom. The van der Waals surface area contributed by atoms with Gasteiger partial charge in [0.05, 0.1) is 5.69 Å². The van der Waals surface area contributed by atoms with Crippen LogP contribution >= 0.6 is 0 Å². The van der Waals surface area contributed by atoms with Crippen LogP contribution < -0.4 is 10.6 Å². The lowest BCUT2D eigenvalue weighted by atomic mass is 10.0. The van der Waals surface area contributed by atoms with E-state index < -0.39 is 17.7 Å². The summed E-state index contributed by atoms with van der Waals surface area (Å²) < 4.78 is 5.33. The SMILES string of the molecule is CC(C)C[C@@H](NC(=O)OC(C)(C)C)C(=O)Nc1ccc(-c2ccncc2)cc1-c1nn[nH]n1. The van der Waals surface area contributed by atoms with Gasteiger partial charge in [-0.25, -0.2) is 4.79 Å². The molecular weight excluding hydrogens is 422 g/mol. The number of ether oxygens (including phenoxy) is 1. The van der Waals surface area contributed by atoms with Crippen LogP contribution in [0.15, 0.2) is 42.7 Å². The second kappa shape index (κ2) is 10.2. The minimum Gasteiger partial charge on any atom is -0.444 e. The van der Waals surface area contributed by atoms with Gasteiger partial charge in [0.15, 0.2) is 0 Å². The Morgan fingerprint density at radius 1 is 1.09 bits per heavy atom. The fourth-order valence-electron chi connectivity index (χ4n) is 3.21. The number of pyridine rings is 1. The zero-order chi connectivity index (χ0) is 24.0. The van der Waals surface area contributed by atoms with Gasteiger partial charge in [0, 0.05) is 18.0 Å². The number of nitrogens with zero attached hydrogens (tertiary/aromatic N) is 4. The molecule has 1 aromatic carbocycles. The van der Waals surface area contributed by atoms with Crippen LogP contribution in [0, 0.1) is 5.92 Å². The highest BCUT2D eigenvalue weighted by Gasteiger charge is 2.26. The third-order valence-electron chi connectivity index (χ3n) is 4.59. The summed E-state index contributed by atoms with van der Waals surface area (Å²) >= 11 is 0. The molecule has 174 valence electrons. The van der Waals surface area contributed by atoms with Crippen molar-refractivity contribution in [3.05, 3.63) is 42.7 Å². The third-order valence-corrected chi connectivity index (χ3v) is 4.59. The molecule has 0 fully saturated rings. The summed E-state index contributed by atoms with van der Waals surface area (Å²) in [6.07, 6.45) is 3.21. The summed E-state index contributed by atoms with van der Waals surface area (Å²) in [4.78, 5) is 29.5. The highest BCUT2D eigenvalue weighted by Crippen LogP contribution is 2.31. The Bertz CT molecular complexity index is 1080. The predicted octanol–water partition coefficient (Wildman–Crippen LogP) is 3.81. The lowest BCUT2D eigenvalue weighted by molar-refractivity contribution is -0.118. The molecule has 0 saturated carbocycles. The molecule has 33 heavy (non-hydrogen) atoms. The van der Waals surface area contributed by atoms with Crippen LogP contribution in [0.5, 0.6) is 0 Å². The van der Waals surface area contributed by atoms with Gasteiger partial charge in [0.25, 0.3) is 0 Å². The van der Waals surface area contributed by atoms with Gasteiger partial charge < -0.3 is 15.4 Å². The summed E-state index contributed by atoms with van der Waals surface area (Å²) in [6, 6.07) is 8.52. The summed E-state index contributed by atoms with van der Waals surface area (Å²) in [7, 11) is 0. The van der Waals surface area contributed by atoms with E-state index in [1.165, 1.54) is 0 Å². The summed E-state index contributed by atoms with van der Waals surface area (Å²) in [6.45, 7) is 9.26. The summed E-state index contributed by atoms with van der Waals surface area (Å²) in [5.41, 5.74) is 2.28. The Labute approximate surface area is 192 Å². The summed E-state index contributed by atoms with van der Waals surface area (Å²) in [5, 5.41) is 19.8. The number of anilines is 1. The monoisotopic (exact) mass is 451 g/mol. The number of hydrogen-bond acceptors (Lipinski definition) is 7. The smallest absolute Gasteiger partial charge is 0.408 e. The van der Waals surface area contributed by atoms with Gasteiger partial charge in [-0.3, -0.25) is 9.78 Å². The molecule has 0 aliphatic heterocycles. The van der Waals surface area contributed by atoms with E-state index >= 15 is 0 Å². The minimum atomic E-state index is -0.780. The number of carbonyl (C=O) groups is 2. The normalized spacial score (nSPS) is 12.3. The Morgan fingerprint density at radius 3 is 2.42 bits per heavy atom. The molecule has 2 heterocycles. The first-order valence-electron chi connectivity index (χ1n) is 10.7. The van der Waals surface area contributed by atoms with Gasteiger partial charge >= 0.3 is 6.09 Å². The van der Waals surface area contributed by atoms with Crippen molar-refractivity contribution in [2.24, 2.45) is 5.92 Å². The molecule has 1 atom stereocenters. The molecule has 3 N–H and O–H groups in total. The van der Waals surface area contributed by atoms with Crippen LogP contribution in [0.2, 0.25) is 0 Å². The molecule has 0 aliphatic carbocycles. The first kappa shape index (κ1) is 23.8. The topological polar surface area (TPSA) is 135 Å². The molecule has 3 aromatic rings. The van der Waals surface area contributed by atoms with Crippen LogP contribution in [0.3, 0.4) is 0 Å². The molecular formula is C23H29N7O3. The van der Waals surface area contributed by atoms with Crippen LogP contribution in [0.25, 0.3) is 22.5 Å². The summed E-state index contributed by atoms with van der Waals surface area (Å²) in [5.74, 6) is 0.138. The number of amides is 2. The van der Waals surface area contributed by atoms with E-state index in [4.69, 9.17) is 4.74 Å². The number of nitrogens with one attached hydrogen (secondary N) is 3. The Kier molecular flexibility index (Phi) is 7.37. The quantitative estimate of drug-likeness (QED) is 0.497. The lowest BCUT2D eigenvalue weighted by Crippen LogP contribution is -2.46. The fourth-order valence-corrected chi connectivity index (χ4v) is 3.21. The average molecular weight is 452 g/mol. The second-order valence-electron chi connectivity index (χ2n) is 9.05. The minimum absolute atomic E-state index is 0.168. The van der Waals surface area contributed by atoms with E-state index in [1.54, 1.807) is 39.2 Å². The molecule has 0 spiro atoms. The van der Waals surface area contributed by atoms with E-state index in [9.17, 15) is 9.59 Å². The van der Waals surface area contributed by atoms with Crippen molar-refractivity contribution in [2.45, 2.75) is 52.7 Å². The van der Waals surface area contributed by atoms with E-state index in [0.717, 1.165) is 11.1 Å². The maximum atomic E-state index is 13.2. The van der Waals surface area contributed by atoms with Crippen molar-refractivity contribution >= 4 is 17.7 Å². The van der Waals surface area contributed by atoms with Crippen molar-refractivity contribution < 1.29 is 14.3 Å². The maximum absolute atomic E-state index is 13.2. The Balaban J connectivity index is 1.87. The zero-order valence-electron chi connectivity index (χ0n) is 19.4. The highest BCUT2D eigenvalue weighted by molar-refractivity contribution is 5.99. The van der Waals surface area contributed by atoms with Crippen molar-refractivity contribution in [1.29, 1.82) is 0 Å². The van der Waals surface area contributed by atoms with E-state index in [1.807, 2.05) is 38.1 Å². The number of aromatic amines is 1. The fraction of sp³-hybridized carbons (Fsp3) is 0.391. The van der Waals surface area contributed by atoms with Gasteiger partial charge in [0.2, 0.25) is 11.7 Å². The molecule has 0 bridgehead atoms. The molecule has 0 unspecified atom stereocenters. The van der Waals surface area contributed by atoms with Crippen molar-refractivity contribution in [3.63, 3.8) is 0 Å². The van der Waals surface area contributed by atoms with Gasteiger partial charge in [-0.1, -0.05) is 19.9 Å². The van der Waals surface area contributed by atoms with Crippen molar-refractivity contribution in [3.8, 4) is 22.5 Å². The number of aromatic nitrogens is 5. The lowest BCUT2D eigenvalue weighted by Gasteiger charge is -2.24. The van der Waals surface area contributed by atoms with Crippen molar-refractivity contribution in [2.75, 3.05) is 5.32 Å².